The van der Waals surface area contributed by atoms with E-state index in [1.807, 2.05) is 0 Å². The molecule has 0 aliphatic rings. The zero-order chi connectivity index (χ0) is 15.6. The zero-order valence-electron chi connectivity index (χ0n) is 10.6. The van der Waals surface area contributed by atoms with Crippen LogP contribution in [0.1, 0.15) is 10.4 Å². The molecule has 1 heterocycles. The van der Waals surface area contributed by atoms with Crippen LogP contribution in [-0.4, -0.2) is 35.7 Å². The maximum atomic E-state index is 13.5. The summed E-state index contributed by atoms with van der Waals surface area (Å²) in [6.45, 7) is 0. The van der Waals surface area contributed by atoms with Crippen LogP contribution in [0.3, 0.4) is 0 Å². The third-order valence-electron chi connectivity index (χ3n) is 2.34. The fourth-order valence-corrected chi connectivity index (χ4v) is 1.88. The molecule has 0 amide bonds. The van der Waals surface area contributed by atoms with E-state index in [9.17, 15) is 17.6 Å². The van der Waals surface area contributed by atoms with E-state index in [0.29, 0.717) is 0 Å². The fourth-order valence-electron chi connectivity index (χ4n) is 1.39. The van der Waals surface area contributed by atoms with Crippen LogP contribution in [0.5, 0.6) is 11.6 Å². The number of carbonyl (C=O) groups is 1. The molecule has 7 nitrogen and oxygen atoms in total. The Morgan fingerprint density at radius 1 is 1.33 bits per heavy atom. The highest BCUT2D eigenvalue weighted by atomic mass is 32.2. The van der Waals surface area contributed by atoms with Gasteiger partial charge in [-0.05, 0) is 12.1 Å². The van der Waals surface area contributed by atoms with E-state index in [2.05, 4.69) is 9.97 Å². The Kier molecular flexibility index (Phi) is 3.85. The van der Waals surface area contributed by atoms with Crippen LogP contribution in [0.2, 0.25) is 0 Å². The number of halogens is 1. The van der Waals surface area contributed by atoms with Crippen LogP contribution < -0.4 is 4.74 Å². The van der Waals surface area contributed by atoms with Gasteiger partial charge in [0.15, 0.2) is 11.6 Å². The zero-order valence-corrected chi connectivity index (χ0v) is 11.5. The van der Waals surface area contributed by atoms with Crippen molar-refractivity contribution in [1.29, 1.82) is 0 Å². The van der Waals surface area contributed by atoms with Crippen molar-refractivity contribution in [2.24, 2.45) is 0 Å². The number of aromatic nitrogens is 2. The SMILES string of the molecule is CS(=O)(=O)c1ncc(C(=O)O)c(Oc2ccccc2F)n1. The van der Waals surface area contributed by atoms with Gasteiger partial charge in [-0.3, -0.25) is 0 Å². The maximum Gasteiger partial charge on any atom is 0.342 e. The Morgan fingerprint density at radius 2 is 2.00 bits per heavy atom. The lowest BCUT2D eigenvalue weighted by Gasteiger charge is -2.08. The van der Waals surface area contributed by atoms with E-state index in [4.69, 9.17) is 9.84 Å². The molecule has 1 aromatic heterocycles. The van der Waals surface area contributed by atoms with Crippen LogP contribution in [0.15, 0.2) is 35.6 Å². The average Bonchev–Trinajstić information content (AvgIpc) is 2.40. The Hall–Kier alpha value is -2.55. The molecule has 0 aliphatic heterocycles. The van der Waals surface area contributed by atoms with E-state index < -0.39 is 38.2 Å². The molecule has 0 atom stereocenters. The lowest BCUT2D eigenvalue weighted by Crippen LogP contribution is -2.10. The average molecular weight is 312 g/mol. The first kappa shape index (κ1) is 14.9. The van der Waals surface area contributed by atoms with Crippen molar-refractivity contribution in [2.75, 3.05) is 6.26 Å². The minimum absolute atomic E-state index is 0.279. The van der Waals surface area contributed by atoms with Gasteiger partial charge < -0.3 is 9.84 Å². The van der Waals surface area contributed by atoms with Gasteiger partial charge in [-0.1, -0.05) is 12.1 Å². The number of nitrogens with zero attached hydrogens (tertiary/aromatic N) is 2. The van der Waals surface area contributed by atoms with Gasteiger partial charge in [0.1, 0.15) is 5.56 Å². The van der Waals surface area contributed by atoms with Crippen molar-refractivity contribution in [1.82, 2.24) is 9.97 Å². The highest BCUT2D eigenvalue weighted by Gasteiger charge is 2.20. The van der Waals surface area contributed by atoms with E-state index in [0.717, 1.165) is 18.5 Å². The molecular formula is C12H9FN2O5S. The number of carboxylic acid groups (broad SMARTS) is 1. The second-order valence-electron chi connectivity index (χ2n) is 3.98. The van der Waals surface area contributed by atoms with E-state index in [1.54, 1.807) is 0 Å². The molecule has 0 spiro atoms. The monoisotopic (exact) mass is 312 g/mol. The number of sulfone groups is 1. The van der Waals surface area contributed by atoms with Crippen molar-refractivity contribution >= 4 is 15.8 Å². The predicted octanol–water partition coefficient (Wildman–Crippen LogP) is 1.51. The second-order valence-corrected chi connectivity index (χ2v) is 5.89. The molecule has 1 N–H and O–H groups in total. The lowest BCUT2D eigenvalue weighted by atomic mass is 10.3. The number of hydrogen-bond donors (Lipinski definition) is 1. The third kappa shape index (κ3) is 3.31. The summed E-state index contributed by atoms with van der Waals surface area (Å²) in [5.41, 5.74) is -0.481. The first-order valence-corrected chi connectivity index (χ1v) is 7.41. The van der Waals surface area contributed by atoms with Crippen LogP contribution >= 0.6 is 0 Å². The van der Waals surface area contributed by atoms with Gasteiger partial charge in [0.2, 0.25) is 20.9 Å². The van der Waals surface area contributed by atoms with Crippen LogP contribution in [-0.2, 0) is 9.84 Å². The Morgan fingerprint density at radius 3 is 2.57 bits per heavy atom. The van der Waals surface area contributed by atoms with Crippen molar-refractivity contribution in [3.63, 3.8) is 0 Å². The molecule has 21 heavy (non-hydrogen) atoms. The van der Waals surface area contributed by atoms with Crippen molar-refractivity contribution in [3.8, 4) is 11.6 Å². The molecule has 9 heteroatoms. The van der Waals surface area contributed by atoms with Crippen molar-refractivity contribution in [3.05, 3.63) is 41.8 Å². The molecule has 0 radical (unpaired) electrons. The van der Waals surface area contributed by atoms with Crippen molar-refractivity contribution < 1.29 is 27.4 Å². The van der Waals surface area contributed by atoms with Crippen LogP contribution in [0.25, 0.3) is 0 Å². The van der Waals surface area contributed by atoms with Gasteiger partial charge in [-0.15, -0.1) is 0 Å². The maximum absolute atomic E-state index is 13.5. The molecule has 2 rings (SSSR count). The number of para-hydroxylation sites is 1. The highest BCUT2D eigenvalue weighted by Crippen LogP contribution is 2.26. The summed E-state index contributed by atoms with van der Waals surface area (Å²) >= 11 is 0. The minimum Gasteiger partial charge on any atom is -0.477 e. The molecule has 0 saturated heterocycles. The predicted molar refractivity (Wildman–Crippen MR) is 68.6 cm³/mol. The summed E-state index contributed by atoms with van der Waals surface area (Å²) in [5.74, 6) is -3.00. The van der Waals surface area contributed by atoms with Gasteiger partial charge in [0, 0.05) is 6.26 Å². The first-order chi connectivity index (χ1) is 9.79. The Balaban J connectivity index is 2.54. The molecule has 0 bridgehead atoms. The molecule has 1 aromatic carbocycles. The van der Waals surface area contributed by atoms with Gasteiger partial charge in [0.05, 0.1) is 6.20 Å². The van der Waals surface area contributed by atoms with E-state index in [-0.39, 0.29) is 5.75 Å². The molecule has 0 aliphatic carbocycles. The molecular weight excluding hydrogens is 303 g/mol. The summed E-state index contributed by atoms with van der Waals surface area (Å²) in [4.78, 5) is 18.0. The lowest BCUT2D eigenvalue weighted by molar-refractivity contribution is 0.0692. The topological polar surface area (TPSA) is 106 Å². The second kappa shape index (κ2) is 5.44. The summed E-state index contributed by atoms with van der Waals surface area (Å²) < 4.78 is 41.3. The molecule has 0 saturated carbocycles. The smallest absolute Gasteiger partial charge is 0.342 e. The first-order valence-electron chi connectivity index (χ1n) is 5.52. The largest absolute Gasteiger partial charge is 0.477 e. The molecule has 0 unspecified atom stereocenters. The summed E-state index contributed by atoms with van der Waals surface area (Å²) in [6, 6.07) is 5.25. The molecule has 2 aromatic rings. The van der Waals surface area contributed by atoms with E-state index in [1.165, 1.54) is 18.2 Å². The van der Waals surface area contributed by atoms with Gasteiger partial charge in [-0.2, -0.15) is 4.98 Å². The minimum atomic E-state index is -3.76. The van der Waals surface area contributed by atoms with Crippen LogP contribution in [0.4, 0.5) is 4.39 Å². The summed E-state index contributed by atoms with van der Waals surface area (Å²) in [5, 5.41) is 8.39. The normalized spacial score (nSPS) is 11.1. The van der Waals surface area contributed by atoms with Gasteiger partial charge >= 0.3 is 5.97 Å². The Bertz CT molecular complexity index is 807. The molecule has 110 valence electrons. The highest BCUT2D eigenvalue weighted by molar-refractivity contribution is 7.90. The quantitative estimate of drug-likeness (QED) is 0.853. The fraction of sp³-hybridized carbons (Fsp3) is 0.0833. The number of carboxylic acids is 1. The Labute approximate surface area is 119 Å². The van der Waals surface area contributed by atoms with E-state index >= 15 is 0 Å². The number of benzene rings is 1. The number of rotatable bonds is 4. The summed E-state index contributed by atoms with van der Waals surface area (Å²) in [6.07, 6.45) is 1.65. The molecule has 0 fully saturated rings. The van der Waals surface area contributed by atoms with Crippen LogP contribution in [0, 0.1) is 5.82 Å². The summed E-state index contributed by atoms with van der Waals surface area (Å²) in [7, 11) is -3.76. The number of aromatic carboxylic acids is 1. The number of hydrogen-bond acceptors (Lipinski definition) is 6. The van der Waals surface area contributed by atoms with Crippen molar-refractivity contribution in [2.45, 2.75) is 5.16 Å². The third-order valence-corrected chi connectivity index (χ3v) is 3.20. The standard InChI is InChI=1S/C12H9FN2O5S/c1-21(18,19)12-14-6-7(11(16)17)10(15-12)20-9-5-3-2-4-8(9)13/h2-6H,1H3,(H,16,17). The van der Waals surface area contributed by atoms with Gasteiger partial charge in [0.25, 0.3) is 0 Å². The van der Waals surface area contributed by atoms with Gasteiger partial charge in [-0.25, -0.2) is 22.6 Å². The number of ether oxygens (including phenoxy) is 1.